The predicted octanol–water partition coefficient (Wildman–Crippen LogP) is 1.34. The Kier molecular flexibility index (Phi) is 2.03. The van der Waals surface area contributed by atoms with E-state index in [4.69, 9.17) is 5.11 Å². The summed E-state index contributed by atoms with van der Waals surface area (Å²) < 4.78 is 3.72. The molecule has 1 N–H and O–H groups in total. The third kappa shape index (κ3) is 1.44. The van der Waals surface area contributed by atoms with Gasteiger partial charge in [0.05, 0.1) is 11.6 Å². The van der Waals surface area contributed by atoms with Crippen LogP contribution < -0.4 is 0 Å². The van der Waals surface area contributed by atoms with Gasteiger partial charge in [-0.25, -0.2) is 0 Å². The summed E-state index contributed by atoms with van der Waals surface area (Å²) in [6.45, 7) is 0. The van der Waals surface area contributed by atoms with Crippen LogP contribution in [0.25, 0.3) is 0 Å². The van der Waals surface area contributed by atoms with E-state index in [9.17, 15) is 4.79 Å². The van der Waals surface area contributed by atoms with Crippen molar-refractivity contribution < 1.29 is 9.90 Å². The minimum absolute atomic E-state index is 0.506. The molecule has 1 aromatic heterocycles. The van der Waals surface area contributed by atoms with Gasteiger partial charge in [-0.3, -0.25) is 4.79 Å². The molecule has 0 unspecified atom stereocenters. The number of hydrogen-bond donors (Lipinski definition) is 1. The van der Waals surface area contributed by atoms with Crippen LogP contribution in [-0.4, -0.2) is 20.7 Å². The monoisotopic (exact) mass is 198 g/mol. The Morgan fingerprint density at radius 3 is 2.85 bits per heavy atom. The largest absolute Gasteiger partial charge is 0.481 e. The van der Waals surface area contributed by atoms with Crippen LogP contribution in [-0.2, 0) is 11.2 Å². The summed E-state index contributed by atoms with van der Waals surface area (Å²) in [6, 6.07) is 0. The summed E-state index contributed by atoms with van der Waals surface area (Å²) in [5.41, 5.74) is -0.506. The van der Waals surface area contributed by atoms with Crippen LogP contribution in [0.5, 0.6) is 0 Å². The van der Waals surface area contributed by atoms with E-state index >= 15 is 0 Å². The minimum Gasteiger partial charge on any atom is -0.481 e. The fraction of sp³-hybridized carbons (Fsp3) is 0.625. The third-order valence-corrected chi connectivity index (χ3v) is 3.34. The first-order valence-electron chi connectivity index (χ1n) is 4.23. The summed E-state index contributed by atoms with van der Waals surface area (Å²) >= 11 is 1.29. The zero-order valence-electron chi connectivity index (χ0n) is 7.06. The van der Waals surface area contributed by atoms with Gasteiger partial charge in [-0.2, -0.15) is 0 Å². The van der Waals surface area contributed by atoms with E-state index < -0.39 is 11.4 Å². The maximum atomic E-state index is 11.0. The fourth-order valence-electron chi connectivity index (χ4n) is 1.67. The lowest BCUT2D eigenvalue weighted by atomic mass is 9.66. The van der Waals surface area contributed by atoms with Crippen LogP contribution in [0.15, 0.2) is 6.20 Å². The summed E-state index contributed by atoms with van der Waals surface area (Å²) in [5, 5.41) is 12.7. The first-order chi connectivity index (χ1) is 6.23. The van der Waals surface area contributed by atoms with Crippen molar-refractivity contribution in [3.8, 4) is 0 Å². The molecule has 0 spiro atoms. The molecule has 2 rings (SSSR count). The van der Waals surface area contributed by atoms with E-state index in [0.29, 0.717) is 6.42 Å². The van der Waals surface area contributed by atoms with E-state index in [1.54, 1.807) is 6.20 Å². The second-order valence-electron chi connectivity index (χ2n) is 3.50. The van der Waals surface area contributed by atoms with Crippen molar-refractivity contribution in [2.45, 2.75) is 25.7 Å². The molecular formula is C8H10N2O2S. The van der Waals surface area contributed by atoms with Crippen molar-refractivity contribution >= 4 is 17.5 Å². The summed E-state index contributed by atoms with van der Waals surface area (Å²) in [4.78, 5) is 12.0. The van der Waals surface area contributed by atoms with Gasteiger partial charge in [-0.05, 0) is 24.4 Å². The molecule has 1 fully saturated rings. The highest BCUT2D eigenvalue weighted by Crippen LogP contribution is 2.44. The number of aliphatic carboxylic acids is 1. The van der Waals surface area contributed by atoms with Crippen LogP contribution in [0.3, 0.4) is 0 Å². The molecule has 1 heterocycles. The Labute approximate surface area is 79.8 Å². The van der Waals surface area contributed by atoms with Crippen molar-refractivity contribution in [1.29, 1.82) is 0 Å². The van der Waals surface area contributed by atoms with Gasteiger partial charge in [0, 0.05) is 11.3 Å². The first kappa shape index (κ1) is 8.62. The second-order valence-corrected chi connectivity index (χ2v) is 4.37. The standard InChI is InChI=1S/C8H10N2O2S/c11-7(12)8(2-1-3-8)4-6-5-9-10-13-6/h5H,1-4H2,(H,11,12). The molecule has 1 aliphatic carbocycles. The molecule has 0 bridgehead atoms. The van der Waals surface area contributed by atoms with Gasteiger partial charge < -0.3 is 5.11 Å². The predicted molar refractivity (Wildman–Crippen MR) is 47.5 cm³/mol. The van der Waals surface area contributed by atoms with E-state index in [2.05, 4.69) is 9.59 Å². The van der Waals surface area contributed by atoms with Gasteiger partial charge in [-0.15, -0.1) is 5.10 Å². The van der Waals surface area contributed by atoms with Gasteiger partial charge in [0.25, 0.3) is 0 Å². The third-order valence-electron chi connectivity index (χ3n) is 2.68. The van der Waals surface area contributed by atoms with Gasteiger partial charge in [0.2, 0.25) is 0 Å². The SMILES string of the molecule is O=C(O)C1(Cc2cnns2)CCC1. The van der Waals surface area contributed by atoms with Crippen molar-refractivity contribution in [3.63, 3.8) is 0 Å². The molecule has 0 radical (unpaired) electrons. The van der Waals surface area contributed by atoms with E-state index in [1.807, 2.05) is 0 Å². The van der Waals surface area contributed by atoms with E-state index in [1.165, 1.54) is 11.5 Å². The first-order valence-corrected chi connectivity index (χ1v) is 5.00. The Balaban J connectivity index is 2.11. The molecule has 13 heavy (non-hydrogen) atoms. The molecule has 0 aliphatic heterocycles. The number of aromatic nitrogens is 2. The molecule has 1 aliphatic rings. The quantitative estimate of drug-likeness (QED) is 0.796. The lowest BCUT2D eigenvalue weighted by Gasteiger charge is -2.37. The summed E-state index contributed by atoms with van der Waals surface area (Å²) in [6.07, 6.45) is 4.87. The maximum absolute atomic E-state index is 11.0. The molecule has 0 amide bonds. The number of nitrogens with zero attached hydrogens (tertiary/aromatic N) is 2. The highest BCUT2D eigenvalue weighted by molar-refractivity contribution is 7.05. The Hall–Kier alpha value is -0.970. The molecule has 0 atom stereocenters. The lowest BCUT2D eigenvalue weighted by Crippen LogP contribution is -2.39. The number of carboxylic acid groups (broad SMARTS) is 1. The Morgan fingerprint density at radius 1 is 1.69 bits per heavy atom. The normalized spacial score (nSPS) is 19.4. The average Bonchev–Trinajstić information content (AvgIpc) is 2.47. The van der Waals surface area contributed by atoms with E-state index in [0.717, 1.165) is 24.1 Å². The van der Waals surface area contributed by atoms with Crippen molar-refractivity contribution in [2.75, 3.05) is 0 Å². The van der Waals surface area contributed by atoms with Crippen LogP contribution in [0.4, 0.5) is 0 Å². The van der Waals surface area contributed by atoms with Crippen LogP contribution >= 0.6 is 11.5 Å². The van der Waals surface area contributed by atoms with Gasteiger partial charge in [0.15, 0.2) is 0 Å². The van der Waals surface area contributed by atoms with Crippen molar-refractivity contribution in [3.05, 3.63) is 11.1 Å². The zero-order valence-corrected chi connectivity index (χ0v) is 7.88. The molecule has 0 saturated heterocycles. The average molecular weight is 198 g/mol. The highest BCUT2D eigenvalue weighted by Gasteiger charge is 2.44. The van der Waals surface area contributed by atoms with Gasteiger partial charge >= 0.3 is 5.97 Å². The summed E-state index contributed by atoms with van der Waals surface area (Å²) in [5.74, 6) is -0.674. The van der Waals surface area contributed by atoms with Crippen LogP contribution in [0, 0.1) is 5.41 Å². The Morgan fingerprint density at radius 2 is 2.46 bits per heavy atom. The number of rotatable bonds is 3. The van der Waals surface area contributed by atoms with Crippen molar-refractivity contribution in [2.24, 2.45) is 5.41 Å². The minimum atomic E-state index is -0.674. The van der Waals surface area contributed by atoms with Gasteiger partial charge in [0.1, 0.15) is 0 Å². The lowest BCUT2D eigenvalue weighted by molar-refractivity contribution is -0.154. The number of hydrogen-bond acceptors (Lipinski definition) is 4. The topological polar surface area (TPSA) is 63.1 Å². The smallest absolute Gasteiger partial charge is 0.309 e. The van der Waals surface area contributed by atoms with Gasteiger partial charge in [-0.1, -0.05) is 10.9 Å². The van der Waals surface area contributed by atoms with Crippen molar-refractivity contribution in [1.82, 2.24) is 9.59 Å². The second kappa shape index (κ2) is 3.06. The number of carboxylic acids is 1. The Bertz CT molecular complexity index is 306. The molecule has 0 aromatic carbocycles. The van der Waals surface area contributed by atoms with E-state index in [-0.39, 0.29) is 0 Å². The molecular weight excluding hydrogens is 188 g/mol. The zero-order chi connectivity index (χ0) is 9.31. The molecule has 4 nitrogen and oxygen atoms in total. The molecule has 1 saturated carbocycles. The maximum Gasteiger partial charge on any atom is 0.309 e. The molecule has 70 valence electrons. The van der Waals surface area contributed by atoms with Crippen LogP contribution in [0.1, 0.15) is 24.1 Å². The number of carbonyl (C=O) groups is 1. The summed E-state index contributed by atoms with van der Waals surface area (Å²) in [7, 11) is 0. The highest BCUT2D eigenvalue weighted by atomic mass is 32.1. The molecule has 5 heteroatoms. The fourth-order valence-corrected chi connectivity index (χ4v) is 2.30. The molecule has 1 aromatic rings. The van der Waals surface area contributed by atoms with Crippen LogP contribution in [0.2, 0.25) is 0 Å².